The number of rotatable bonds is 3. The molecule has 0 amide bonds. The van der Waals surface area contributed by atoms with E-state index in [0.29, 0.717) is 5.56 Å². The molecule has 0 bridgehead atoms. The van der Waals surface area contributed by atoms with Crippen LogP contribution in [0.3, 0.4) is 0 Å². The second-order valence-corrected chi connectivity index (χ2v) is 5.15. The molecule has 0 unspecified atom stereocenters. The number of aromatic nitrogens is 3. The summed E-state index contributed by atoms with van der Waals surface area (Å²) in [6.45, 7) is 0. The summed E-state index contributed by atoms with van der Waals surface area (Å²) in [5.74, 6) is -0.0177. The van der Waals surface area contributed by atoms with Crippen molar-refractivity contribution in [3.63, 3.8) is 0 Å². The van der Waals surface area contributed by atoms with Gasteiger partial charge in [0.25, 0.3) is 0 Å². The molecule has 3 rings (SSSR count). The molecular formula is C16H12F4N4. The standard InChI is InChI=1S/C16H12F4N4/c17-12-6-4-9(5-7-12)13(21)15-22-14(23-24-15)10-2-1-3-11(8-10)16(18,19)20/h1-8,13H,21H2,(H,22,23,24)/t13-/m0/s1. The van der Waals surface area contributed by atoms with Crippen LogP contribution in [0.15, 0.2) is 48.5 Å². The lowest BCUT2D eigenvalue weighted by molar-refractivity contribution is -0.137. The fourth-order valence-corrected chi connectivity index (χ4v) is 2.21. The Bertz CT molecular complexity index is 840. The van der Waals surface area contributed by atoms with Crippen molar-refractivity contribution in [3.8, 4) is 11.4 Å². The maximum atomic E-state index is 12.9. The van der Waals surface area contributed by atoms with E-state index in [1.165, 1.54) is 36.4 Å². The molecule has 0 saturated carbocycles. The maximum Gasteiger partial charge on any atom is 0.416 e. The zero-order chi connectivity index (χ0) is 17.3. The monoisotopic (exact) mass is 336 g/mol. The number of benzene rings is 2. The molecular weight excluding hydrogens is 324 g/mol. The summed E-state index contributed by atoms with van der Waals surface area (Å²) in [5.41, 5.74) is 6.06. The van der Waals surface area contributed by atoms with Gasteiger partial charge in [-0.15, -0.1) is 0 Å². The van der Waals surface area contributed by atoms with E-state index in [1.807, 2.05) is 0 Å². The van der Waals surface area contributed by atoms with Crippen LogP contribution in [-0.2, 0) is 6.18 Å². The van der Waals surface area contributed by atoms with E-state index in [4.69, 9.17) is 5.73 Å². The van der Waals surface area contributed by atoms with Crippen LogP contribution in [0.25, 0.3) is 11.4 Å². The summed E-state index contributed by atoms with van der Waals surface area (Å²) in [5, 5.41) is 6.53. The Kier molecular flexibility index (Phi) is 4.06. The van der Waals surface area contributed by atoms with Gasteiger partial charge in [-0.3, -0.25) is 5.10 Å². The minimum atomic E-state index is -4.44. The number of halogens is 4. The fraction of sp³-hybridized carbons (Fsp3) is 0.125. The molecule has 2 aromatic carbocycles. The molecule has 0 spiro atoms. The second-order valence-electron chi connectivity index (χ2n) is 5.15. The van der Waals surface area contributed by atoms with E-state index in [9.17, 15) is 17.6 Å². The number of nitrogens with one attached hydrogen (secondary N) is 1. The van der Waals surface area contributed by atoms with E-state index in [1.54, 1.807) is 0 Å². The molecule has 3 aromatic rings. The molecule has 0 aliphatic rings. The highest BCUT2D eigenvalue weighted by atomic mass is 19.4. The molecule has 1 atom stereocenters. The van der Waals surface area contributed by atoms with Crippen LogP contribution in [0, 0.1) is 5.82 Å². The highest BCUT2D eigenvalue weighted by molar-refractivity contribution is 5.56. The third-order valence-electron chi connectivity index (χ3n) is 3.47. The first-order valence-electron chi connectivity index (χ1n) is 6.95. The topological polar surface area (TPSA) is 67.6 Å². The Balaban J connectivity index is 1.89. The summed E-state index contributed by atoms with van der Waals surface area (Å²) in [4.78, 5) is 4.15. The van der Waals surface area contributed by atoms with Gasteiger partial charge < -0.3 is 5.73 Å². The zero-order valence-electron chi connectivity index (χ0n) is 12.2. The van der Waals surface area contributed by atoms with Crippen molar-refractivity contribution < 1.29 is 17.6 Å². The summed E-state index contributed by atoms with van der Waals surface area (Å²) < 4.78 is 51.3. The minimum absolute atomic E-state index is 0.105. The highest BCUT2D eigenvalue weighted by Crippen LogP contribution is 2.31. The van der Waals surface area contributed by atoms with Crippen molar-refractivity contribution in [1.29, 1.82) is 0 Å². The van der Waals surface area contributed by atoms with Gasteiger partial charge in [-0.1, -0.05) is 24.3 Å². The molecule has 0 saturated heterocycles. The van der Waals surface area contributed by atoms with Gasteiger partial charge >= 0.3 is 6.18 Å². The van der Waals surface area contributed by atoms with Crippen molar-refractivity contribution in [2.45, 2.75) is 12.2 Å². The molecule has 8 heteroatoms. The minimum Gasteiger partial charge on any atom is -0.318 e. The molecule has 3 N–H and O–H groups in total. The van der Waals surface area contributed by atoms with Crippen molar-refractivity contribution in [1.82, 2.24) is 15.2 Å². The predicted molar refractivity (Wildman–Crippen MR) is 79.3 cm³/mol. The van der Waals surface area contributed by atoms with Gasteiger partial charge in [0, 0.05) is 5.56 Å². The largest absolute Gasteiger partial charge is 0.416 e. The van der Waals surface area contributed by atoms with Crippen LogP contribution in [0.2, 0.25) is 0 Å². The van der Waals surface area contributed by atoms with Crippen LogP contribution in [0.1, 0.15) is 23.0 Å². The first kappa shape index (κ1) is 16.1. The van der Waals surface area contributed by atoms with Gasteiger partial charge in [0.05, 0.1) is 11.6 Å². The first-order chi connectivity index (χ1) is 11.3. The van der Waals surface area contributed by atoms with Crippen LogP contribution in [0.5, 0.6) is 0 Å². The van der Waals surface area contributed by atoms with Crippen LogP contribution >= 0.6 is 0 Å². The maximum absolute atomic E-state index is 12.9. The number of hydrogen-bond acceptors (Lipinski definition) is 3. The third kappa shape index (κ3) is 3.28. The summed E-state index contributed by atoms with van der Waals surface area (Å²) in [7, 11) is 0. The van der Waals surface area contributed by atoms with Crippen molar-refractivity contribution in [3.05, 3.63) is 71.3 Å². The van der Waals surface area contributed by atoms with E-state index < -0.39 is 23.6 Å². The fourth-order valence-electron chi connectivity index (χ4n) is 2.21. The van der Waals surface area contributed by atoms with E-state index >= 15 is 0 Å². The Morgan fingerprint density at radius 2 is 1.75 bits per heavy atom. The SMILES string of the molecule is N[C@@H](c1ccc(F)cc1)c1nc(-c2cccc(C(F)(F)F)c2)n[nH]1. The van der Waals surface area contributed by atoms with Crippen molar-refractivity contribution in [2.24, 2.45) is 5.73 Å². The smallest absolute Gasteiger partial charge is 0.318 e. The summed E-state index contributed by atoms with van der Waals surface area (Å²) >= 11 is 0. The molecule has 0 aliphatic heterocycles. The van der Waals surface area contributed by atoms with Crippen LogP contribution in [-0.4, -0.2) is 15.2 Å². The van der Waals surface area contributed by atoms with Gasteiger partial charge in [0.15, 0.2) is 5.82 Å². The van der Waals surface area contributed by atoms with E-state index in [2.05, 4.69) is 15.2 Å². The molecule has 4 nitrogen and oxygen atoms in total. The molecule has 1 aromatic heterocycles. The lowest BCUT2D eigenvalue weighted by Gasteiger charge is -2.08. The zero-order valence-corrected chi connectivity index (χ0v) is 12.2. The summed E-state index contributed by atoms with van der Waals surface area (Å²) in [6, 6.07) is 9.55. The lowest BCUT2D eigenvalue weighted by atomic mass is 10.1. The third-order valence-corrected chi connectivity index (χ3v) is 3.47. The van der Waals surface area contributed by atoms with Gasteiger partial charge in [-0.2, -0.15) is 18.3 Å². The normalized spacial score (nSPS) is 13.0. The lowest BCUT2D eigenvalue weighted by Crippen LogP contribution is -2.13. The Morgan fingerprint density at radius 3 is 2.42 bits per heavy atom. The number of H-pyrrole nitrogens is 1. The number of hydrogen-bond donors (Lipinski definition) is 2. The van der Waals surface area contributed by atoms with Gasteiger partial charge in [-0.05, 0) is 29.8 Å². The van der Waals surface area contributed by atoms with Crippen LogP contribution in [0.4, 0.5) is 17.6 Å². The van der Waals surface area contributed by atoms with Gasteiger partial charge in [0.1, 0.15) is 11.6 Å². The van der Waals surface area contributed by atoms with E-state index in [0.717, 1.165) is 12.1 Å². The van der Waals surface area contributed by atoms with Gasteiger partial charge in [-0.25, -0.2) is 9.37 Å². The molecule has 1 heterocycles. The predicted octanol–water partition coefficient (Wildman–Crippen LogP) is 3.68. The molecule has 0 aliphatic carbocycles. The van der Waals surface area contributed by atoms with Crippen LogP contribution < -0.4 is 5.73 Å². The molecule has 0 fully saturated rings. The Morgan fingerprint density at radius 1 is 1.04 bits per heavy atom. The average Bonchev–Trinajstić information content (AvgIpc) is 3.04. The Hall–Kier alpha value is -2.74. The average molecular weight is 336 g/mol. The first-order valence-corrected chi connectivity index (χ1v) is 6.95. The number of nitrogens with two attached hydrogens (primary N) is 1. The second kappa shape index (κ2) is 6.04. The quantitative estimate of drug-likeness (QED) is 0.717. The van der Waals surface area contributed by atoms with Crippen molar-refractivity contribution >= 4 is 0 Å². The number of alkyl halides is 3. The Labute approximate surface area is 134 Å². The number of nitrogens with zero attached hydrogens (tertiary/aromatic N) is 2. The summed E-state index contributed by atoms with van der Waals surface area (Å²) in [6.07, 6.45) is -4.44. The molecule has 24 heavy (non-hydrogen) atoms. The van der Waals surface area contributed by atoms with Crippen molar-refractivity contribution in [2.75, 3.05) is 0 Å². The number of aromatic amines is 1. The van der Waals surface area contributed by atoms with E-state index in [-0.39, 0.29) is 17.2 Å². The molecule has 0 radical (unpaired) electrons. The molecule has 124 valence electrons. The van der Waals surface area contributed by atoms with Gasteiger partial charge in [0.2, 0.25) is 0 Å². The highest BCUT2D eigenvalue weighted by Gasteiger charge is 2.30.